The third-order valence-corrected chi connectivity index (χ3v) is 2.89. The summed E-state index contributed by atoms with van der Waals surface area (Å²) in [5.74, 6) is 4.16. The zero-order valence-corrected chi connectivity index (χ0v) is 13.2. The van der Waals surface area contributed by atoms with Crippen LogP contribution in [0, 0.1) is 18.3 Å². The second kappa shape index (κ2) is 8.59. The SMILES string of the molecule is C#CCNC(=NC)NCC(C1CC1)N(C)C.I. The number of likely N-dealkylation sites (N-methyl/N-ethyl adjacent to an activating group) is 1. The summed E-state index contributed by atoms with van der Waals surface area (Å²) in [4.78, 5) is 6.39. The molecule has 0 aromatic heterocycles. The molecule has 0 aromatic rings. The first kappa shape index (κ1) is 16.5. The maximum absolute atomic E-state index is 5.19. The number of aliphatic imine (C=N–C) groups is 1. The maximum atomic E-state index is 5.19. The molecule has 0 heterocycles. The Morgan fingerprint density at radius 2 is 2.12 bits per heavy atom. The lowest BCUT2D eigenvalue weighted by atomic mass is 10.1. The van der Waals surface area contributed by atoms with E-state index in [2.05, 4.69) is 40.5 Å². The lowest BCUT2D eigenvalue weighted by Gasteiger charge is -2.25. The van der Waals surface area contributed by atoms with E-state index in [4.69, 9.17) is 6.42 Å². The Balaban J connectivity index is 0.00000256. The number of hydrogen-bond donors (Lipinski definition) is 2. The molecule has 1 rings (SSSR count). The van der Waals surface area contributed by atoms with Crippen LogP contribution >= 0.6 is 24.0 Å². The largest absolute Gasteiger partial charge is 0.355 e. The smallest absolute Gasteiger partial charge is 0.191 e. The molecular formula is C12H23IN4. The number of rotatable bonds is 5. The normalized spacial score (nSPS) is 17.0. The highest BCUT2D eigenvalue weighted by Gasteiger charge is 2.32. The van der Waals surface area contributed by atoms with Gasteiger partial charge in [-0.2, -0.15) is 0 Å². The zero-order valence-electron chi connectivity index (χ0n) is 10.9. The second-order valence-corrected chi connectivity index (χ2v) is 4.38. The van der Waals surface area contributed by atoms with Crippen LogP contribution in [0.15, 0.2) is 4.99 Å². The average Bonchev–Trinajstić information content (AvgIpc) is 3.06. The number of terminal acetylenes is 1. The molecular weight excluding hydrogens is 327 g/mol. The van der Waals surface area contributed by atoms with E-state index >= 15 is 0 Å². The fourth-order valence-corrected chi connectivity index (χ4v) is 1.81. The molecule has 98 valence electrons. The van der Waals surface area contributed by atoms with E-state index in [1.165, 1.54) is 12.8 Å². The van der Waals surface area contributed by atoms with Crippen molar-refractivity contribution in [2.75, 3.05) is 34.2 Å². The topological polar surface area (TPSA) is 39.7 Å². The first-order valence-electron chi connectivity index (χ1n) is 5.73. The van der Waals surface area contributed by atoms with Crippen LogP contribution in [-0.2, 0) is 0 Å². The maximum Gasteiger partial charge on any atom is 0.191 e. The number of nitrogens with zero attached hydrogens (tertiary/aromatic N) is 2. The highest BCUT2D eigenvalue weighted by molar-refractivity contribution is 14.0. The fraction of sp³-hybridized carbons (Fsp3) is 0.750. The molecule has 1 unspecified atom stereocenters. The molecule has 4 nitrogen and oxygen atoms in total. The summed E-state index contributed by atoms with van der Waals surface area (Å²) >= 11 is 0. The van der Waals surface area contributed by atoms with Gasteiger partial charge in [0, 0.05) is 19.6 Å². The number of guanidine groups is 1. The lowest BCUT2D eigenvalue weighted by molar-refractivity contribution is 0.264. The van der Waals surface area contributed by atoms with E-state index in [-0.39, 0.29) is 24.0 Å². The van der Waals surface area contributed by atoms with Crippen molar-refractivity contribution in [2.45, 2.75) is 18.9 Å². The van der Waals surface area contributed by atoms with Crippen LogP contribution in [0.4, 0.5) is 0 Å². The third kappa shape index (κ3) is 6.13. The Hall–Kier alpha value is -0.480. The van der Waals surface area contributed by atoms with Gasteiger partial charge >= 0.3 is 0 Å². The van der Waals surface area contributed by atoms with E-state index < -0.39 is 0 Å². The fourth-order valence-electron chi connectivity index (χ4n) is 1.81. The first-order chi connectivity index (χ1) is 7.69. The molecule has 0 radical (unpaired) electrons. The van der Waals surface area contributed by atoms with Crippen molar-refractivity contribution >= 4 is 29.9 Å². The molecule has 0 bridgehead atoms. The third-order valence-electron chi connectivity index (χ3n) is 2.89. The highest BCUT2D eigenvalue weighted by atomic mass is 127. The first-order valence-corrected chi connectivity index (χ1v) is 5.73. The van der Waals surface area contributed by atoms with Crippen molar-refractivity contribution in [1.82, 2.24) is 15.5 Å². The molecule has 1 atom stereocenters. The van der Waals surface area contributed by atoms with E-state index in [0.29, 0.717) is 12.6 Å². The molecule has 0 aliphatic heterocycles. The standard InChI is InChI=1S/C12H22N4.HI/c1-5-8-14-12(13-2)15-9-11(16(3)4)10-6-7-10;/h1,10-11H,6-9H2,2-4H3,(H2,13,14,15);1H. The molecule has 0 amide bonds. The minimum Gasteiger partial charge on any atom is -0.355 e. The molecule has 5 heteroatoms. The van der Waals surface area contributed by atoms with Gasteiger partial charge in [0.1, 0.15) is 0 Å². The molecule has 2 N–H and O–H groups in total. The monoisotopic (exact) mass is 350 g/mol. The van der Waals surface area contributed by atoms with Crippen LogP contribution in [-0.4, -0.2) is 51.1 Å². The molecule has 17 heavy (non-hydrogen) atoms. The van der Waals surface area contributed by atoms with Gasteiger partial charge in [-0.1, -0.05) is 5.92 Å². The molecule has 0 aromatic carbocycles. The van der Waals surface area contributed by atoms with Crippen molar-refractivity contribution in [3.63, 3.8) is 0 Å². The summed E-state index contributed by atoms with van der Waals surface area (Å²) < 4.78 is 0. The predicted octanol–water partition coefficient (Wildman–Crippen LogP) is 0.743. The van der Waals surface area contributed by atoms with E-state index in [0.717, 1.165) is 18.4 Å². The van der Waals surface area contributed by atoms with Crippen molar-refractivity contribution in [3.8, 4) is 12.3 Å². The minimum atomic E-state index is 0. The molecule has 0 saturated heterocycles. The summed E-state index contributed by atoms with van der Waals surface area (Å²) in [6, 6.07) is 0.587. The van der Waals surface area contributed by atoms with Gasteiger partial charge in [0.15, 0.2) is 5.96 Å². The number of halogens is 1. The van der Waals surface area contributed by atoms with Crippen LogP contribution in [0.1, 0.15) is 12.8 Å². The predicted molar refractivity (Wildman–Crippen MR) is 83.8 cm³/mol. The Kier molecular flexibility index (Phi) is 8.35. The summed E-state index contributed by atoms with van der Waals surface area (Å²) in [5, 5.41) is 6.37. The van der Waals surface area contributed by atoms with Crippen LogP contribution in [0.2, 0.25) is 0 Å². The summed E-state index contributed by atoms with van der Waals surface area (Å²) in [6.45, 7) is 1.43. The van der Waals surface area contributed by atoms with Crippen molar-refractivity contribution in [3.05, 3.63) is 0 Å². The van der Waals surface area contributed by atoms with E-state index in [9.17, 15) is 0 Å². The van der Waals surface area contributed by atoms with Crippen molar-refractivity contribution in [2.24, 2.45) is 10.9 Å². The van der Waals surface area contributed by atoms with E-state index in [1.807, 2.05) is 0 Å². The molecule has 1 aliphatic carbocycles. The van der Waals surface area contributed by atoms with Gasteiger partial charge in [-0.05, 0) is 32.9 Å². The van der Waals surface area contributed by atoms with Crippen LogP contribution < -0.4 is 10.6 Å². The lowest BCUT2D eigenvalue weighted by Crippen LogP contribution is -2.46. The Morgan fingerprint density at radius 1 is 1.47 bits per heavy atom. The van der Waals surface area contributed by atoms with Gasteiger partial charge in [-0.15, -0.1) is 30.4 Å². The molecule has 0 spiro atoms. The Labute approximate surface area is 122 Å². The zero-order chi connectivity index (χ0) is 12.0. The van der Waals surface area contributed by atoms with Crippen LogP contribution in [0.25, 0.3) is 0 Å². The van der Waals surface area contributed by atoms with Gasteiger partial charge in [0.25, 0.3) is 0 Å². The minimum absolute atomic E-state index is 0. The van der Waals surface area contributed by atoms with Crippen LogP contribution in [0.5, 0.6) is 0 Å². The van der Waals surface area contributed by atoms with Crippen molar-refractivity contribution < 1.29 is 0 Å². The summed E-state index contributed by atoms with van der Waals surface area (Å²) in [5.41, 5.74) is 0. The Bertz CT molecular complexity index is 277. The number of nitrogens with one attached hydrogen (secondary N) is 2. The molecule has 1 aliphatic rings. The van der Waals surface area contributed by atoms with Gasteiger partial charge in [-0.25, -0.2) is 0 Å². The molecule has 1 saturated carbocycles. The molecule has 1 fully saturated rings. The average molecular weight is 350 g/mol. The number of hydrogen-bond acceptors (Lipinski definition) is 2. The van der Waals surface area contributed by atoms with Gasteiger partial charge in [-0.3, -0.25) is 4.99 Å². The summed E-state index contributed by atoms with van der Waals surface area (Å²) in [7, 11) is 6.01. The van der Waals surface area contributed by atoms with E-state index in [1.54, 1.807) is 7.05 Å². The van der Waals surface area contributed by atoms with Gasteiger partial charge in [0.2, 0.25) is 0 Å². The van der Waals surface area contributed by atoms with Gasteiger partial charge in [0.05, 0.1) is 6.54 Å². The Morgan fingerprint density at radius 3 is 2.53 bits per heavy atom. The van der Waals surface area contributed by atoms with Crippen molar-refractivity contribution in [1.29, 1.82) is 0 Å². The second-order valence-electron chi connectivity index (χ2n) is 4.38. The van der Waals surface area contributed by atoms with Gasteiger partial charge < -0.3 is 15.5 Å². The highest BCUT2D eigenvalue weighted by Crippen LogP contribution is 2.34. The van der Waals surface area contributed by atoms with Crippen LogP contribution in [0.3, 0.4) is 0 Å². The summed E-state index contributed by atoms with van der Waals surface area (Å²) in [6.07, 6.45) is 7.89. The quantitative estimate of drug-likeness (QED) is 0.333.